The van der Waals surface area contributed by atoms with E-state index in [2.05, 4.69) is 6.92 Å². The zero-order valence-electron chi connectivity index (χ0n) is 18.2. The zero-order chi connectivity index (χ0) is 22.2. The summed E-state index contributed by atoms with van der Waals surface area (Å²) in [5.41, 5.74) is 1.80. The zero-order valence-corrected chi connectivity index (χ0v) is 18.2. The fraction of sp³-hybridized carbons (Fsp3) is 0.296. The van der Waals surface area contributed by atoms with E-state index in [1.807, 2.05) is 36.4 Å². The van der Waals surface area contributed by atoms with Crippen LogP contribution in [-0.2, 0) is 11.2 Å². The molecule has 0 heterocycles. The smallest absolute Gasteiger partial charge is 0.163 e. The van der Waals surface area contributed by atoms with Crippen LogP contribution in [0.4, 0.5) is 0 Å². The van der Waals surface area contributed by atoms with Gasteiger partial charge in [0.1, 0.15) is 5.75 Å². The molecule has 0 saturated carbocycles. The molecule has 0 aromatic heterocycles. The maximum atomic E-state index is 13.2. The van der Waals surface area contributed by atoms with E-state index in [1.165, 1.54) is 7.11 Å². The molecule has 4 nitrogen and oxygen atoms in total. The summed E-state index contributed by atoms with van der Waals surface area (Å²) < 4.78 is 5.23. The van der Waals surface area contributed by atoms with Gasteiger partial charge in [-0.1, -0.05) is 56.2 Å². The fourth-order valence-electron chi connectivity index (χ4n) is 3.76. The van der Waals surface area contributed by atoms with E-state index < -0.39 is 0 Å². The van der Waals surface area contributed by atoms with Crippen molar-refractivity contribution in [3.8, 4) is 17.2 Å². The van der Waals surface area contributed by atoms with Crippen molar-refractivity contribution < 1.29 is 19.7 Å². The summed E-state index contributed by atoms with van der Waals surface area (Å²) in [4.78, 5) is 13.2. The first-order valence-corrected chi connectivity index (χ1v) is 10.8. The number of hydrogen-bond donors (Lipinski definition) is 2. The van der Waals surface area contributed by atoms with Gasteiger partial charge in [-0.05, 0) is 71.5 Å². The van der Waals surface area contributed by atoms with Gasteiger partial charge in [0.2, 0.25) is 0 Å². The number of rotatable bonds is 10. The summed E-state index contributed by atoms with van der Waals surface area (Å²) in [5, 5.41) is 21.7. The van der Waals surface area contributed by atoms with Gasteiger partial charge < -0.3 is 14.9 Å². The van der Waals surface area contributed by atoms with Crippen LogP contribution < -0.4 is 4.74 Å². The molecule has 0 unspecified atom stereocenters. The summed E-state index contributed by atoms with van der Waals surface area (Å²) in [5.74, 6) is 0.339. The van der Waals surface area contributed by atoms with Gasteiger partial charge in [-0.2, -0.15) is 0 Å². The molecule has 0 aliphatic carbocycles. The second-order valence-corrected chi connectivity index (χ2v) is 7.85. The number of methoxy groups -OCH3 is 1. The minimum Gasteiger partial charge on any atom is -0.508 e. The van der Waals surface area contributed by atoms with Crippen LogP contribution in [0.5, 0.6) is 17.2 Å². The van der Waals surface area contributed by atoms with Crippen LogP contribution in [0, 0.1) is 0 Å². The van der Waals surface area contributed by atoms with Crippen LogP contribution in [0.25, 0.3) is 10.8 Å². The average Bonchev–Trinajstić information content (AvgIpc) is 2.77. The molecule has 0 bridgehead atoms. The van der Waals surface area contributed by atoms with E-state index in [-0.39, 0.29) is 23.2 Å². The third kappa shape index (κ3) is 5.88. The molecular weight excluding hydrogens is 388 g/mol. The van der Waals surface area contributed by atoms with Crippen LogP contribution in [-0.4, -0.2) is 23.1 Å². The molecular formula is C27H30O4. The number of ether oxygens (including phenoxy) is 1. The van der Waals surface area contributed by atoms with Gasteiger partial charge in [0.05, 0.1) is 13.0 Å². The lowest BCUT2D eigenvalue weighted by molar-refractivity contribution is -0.116. The molecule has 3 rings (SSSR count). The standard InChI is InChI=1S/C27H30O4/c1-3-4-5-6-7-8-25(29)24(15-19-9-14-26(30)27(16-19)31-2)21-11-10-20-12-13-23(28)18-22(20)17-21/h7-14,16-18,24,28,30H,3-6,15H2,1-2H3/t24-/m1/s1. The molecule has 3 aromatic rings. The molecule has 0 saturated heterocycles. The number of benzene rings is 3. The van der Waals surface area contributed by atoms with Crippen molar-refractivity contribution in [3.63, 3.8) is 0 Å². The third-order valence-electron chi connectivity index (χ3n) is 5.53. The fourth-order valence-corrected chi connectivity index (χ4v) is 3.76. The SMILES string of the molecule is CCCCCC=CC(=O)[C@H](Cc1ccc(O)c(OC)c1)c1ccc2ccc(O)cc2c1. The lowest BCUT2D eigenvalue weighted by atomic mass is 9.87. The first-order chi connectivity index (χ1) is 15.0. The number of carbonyl (C=O) groups excluding carboxylic acids is 1. The highest BCUT2D eigenvalue weighted by Gasteiger charge is 2.20. The largest absolute Gasteiger partial charge is 0.508 e. The molecule has 2 N–H and O–H groups in total. The van der Waals surface area contributed by atoms with E-state index in [9.17, 15) is 15.0 Å². The van der Waals surface area contributed by atoms with Crippen LogP contribution in [0.15, 0.2) is 66.7 Å². The van der Waals surface area contributed by atoms with E-state index >= 15 is 0 Å². The lowest BCUT2D eigenvalue weighted by Crippen LogP contribution is -2.13. The number of allylic oxidation sites excluding steroid dienone is 2. The van der Waals surface area contributed by atoms with E-state index in [4.69, 9.17) is 4.74 Å². The highest BCUT2D eigenvalue weighted by molar-refractivity contribution is 5.96. The molecule has 31 heavy (non-hydrogen) atoms. The Bertz CT molecular complexity index is 1070. The number of phenolic OH excluding ortho intramolecular Hbond substituents is 2. The van der Waals surface area contributed by atoms with Crippen LogP contribution >= 0.6 is 0 Å². The summed E-state index contributed by atoms with van der Waals surface area (Å²) in [7, 11) is 1.51. The van der Waals surface area contributed by atoms with Gasteiger partial charge >= 0.3 is 0 Å². The number of carbonyl (C=O) groups is 1. The van der Waals surface area contributed by atoms with Gasteiger partial charge in [0.15, 0.2) is 17.3 Å². The minimum atomic E-state index is -0.372. The number of ketones is 1. The molecule has 0 spiro atoms. The molecule has 0 radical (unpaired) electrons. The van der Waals surface area contributed by atoms with Crippen molar-refractivity contribution in [2.24, 2.45) is 0 Å². The number of fused-ring (bicyclic) bond motifs is 1. The van der Waals surface area contributed by atoms with Gasteiger partial charge in [-0.3, -0.25) is 4.79 Å². The van der Waals surface area contributed by atoms with Crippen LogP contribution in [0.2, 0.25) is 0 Å². The molecule has 0 amide bonds. The first kappa shape index (κ1) is 22.4. The average molecular weight is 419 g/mol. The number of aromatic hydroxyl groups is 2. The molecule has 4 heteroatoms. The first-order valence-electron chi connectivity index (χ1n) is 10.8. The normalized spacial score (nSPS) is 12.3. The molecule has 3 aromatic carbocycles. The van der Waals surface area contributed by atoms with Gasteiger partial charge in [0, 0.05) is 0 Å². The Morgan fingerprint density at radius 2 is 1.81 bits per heavy atom. The van der Waals surface area contributed by atoms with Crippen LogP contribution in [0.3, 0.4) is 0 Å². The quantitative estimate of drug-likeness (QED) is 0.300. The number of unbranched alkanes of at least 4 members (excludes halogenated alkanes) is 3. The second kappa shape index (κ2) is 10.7. The number of hydrogen-bond acceptors (Lipinski definition) is 4. The van der Waals surface area contributed by atoms with Gasteiger partial charge in [-0.25, -0.2) is 0 Å². The Morgan fingerprint density at radius 3 is 2.58 bits per heavy atom. The molecule has 0 fully saturated rings. The predicted octanol–water partition coefficient (Wildman–Crippen LogP) is 6.29. The molecule has 1 atom stereocenters. The Morgan fingerprint density at radius 1 is 1.00 bits per heavy atom. The Hall–Kier alpha value is -3.27. The summed E-state index contributed by atoms with van der Waals surface area (Å²) in [6.45, 7) is 2.16. The Kier molecular flexibility index (Phi) is 7.71. The minimum absolute atomic E-state index is 0.0445. The van der Waals surface area contributed by atoms with E-state index in [0.29, 0.717) is 12.2 Å². The van der Waals surface area contributed by atoms with Gasteiger partial charge in [-0.15, -0.1) is 0 Å². The van der Waals surface area contributed by atoms with Crippen molar-refractivity contribution >= 4 is 16.6 Å². The molecule has 0 aliphatic heterocycles. The van der Waals surface area contributed by atoms with Crippen molar-refractivity contribution in [1.82, 2.24) is 0 Å². The summed E-state index contributed by atoms with van der Waals surface area (Å²) >= 11 is 0. The summed E-state index contributed by atoms with van der Waals surface area (Å²) in [6, 6.07) is 16.3. The lowest BCUT2D eigenvalue weighted by Gasteiger charge is -2.17. The highest BCUT2D eigenvalue weighted by atomic mass is 16.5. The van der Waals surface area contributed by atoms with Crippen molar-refractivity contribution in [1.29, 1.82) is 0 Å². The maximum Gasteiger partial charge on any atom is 0.163 e. The second-order valence-electron chi connectivity index (χ2n) is 7.85. The topological polar surface area (TPSA) is 66.8 Å². The van der Waals surface area contributed by atoms with Crippen molar-refractivity contribution in [2.45, 2.75) is 44.9 Å². The number of phenols is 2. The Balaban J connectivity index is 1.92. The van der Waals surface area contributed by atoms with Crippen molar-refractivity contribution in [2.75, 3.05) is 7.11 Å². The van der Waals surface area contributed by atoms with Gasteiger partial charge in [0.25, 0.3) is 0 Å². The Labute approximate surface area is 183 Å². The van der Waals surface area contributed by atoms with E-state index in [1.54, 1.807) is 30.3 Å². The predicted molar refractivity (Wildman–Crippen MR) is 125 cm³/mol. The van der Waals surface area contributed by atoms with Crippen LogP contribution in [0.1, 0.15) is 49.7 Å². The monoisotopic (exact) mass is 418 g/mol. The van der Waals surface area contributed by atoms with E-state index in [0.717, 1.165) is 47.6 Å². The highest BCUT2D eigenvalue weighted by Crippen LogP contribution is 2.31. The summed E-state index contributed by atoms with van der Waals surface area (Å²) in [6.07, 6.45) is 8.43. The molecule has 162 valence electrons. The van der Waals surface area contributed by atoms with Crippen molar-refractivity contribution in [3.05, 3.63) is 77.9 Å². The maximum absolute atomic E-state index is 13.2. The molecule has 0 aliphatic rings. The third-order valence-corrected chi connectivity index (χ3v) is 5.53.